The molecule has 0 saturated heterocycles. The summed E-state index contributed by atoms with van der Waals surface area (Å²) >= 11 is 0. The van der Waals surface area contributed by atoms with Crippen LogP contribution in [0.3, 0.4) is 0 Å². The molecule has 0 saturated carbocycles. The second-order valence-electron chi connectivity index (χ2n) is 6.06. The van der Waals surface area contributed by atoms with Crippen molar-refractivity contribution >= 4 is 11.4 Å². The minimum Gasteiger partial charge on any atom is -0.343 e. The SMILES string of the molecule is O=C(NCc1ncccc1F)c1[nH]c(Cc2cccnc2)[n+]2ccccc12. The number of pyridine rings is 3. The van der Waals surface area contributed by atoms with Gasteiger partial charge in [0.05, 0.1) is 24.9 Å². The molecule has 6 nitrogen and oxygen atoms in total. The molecule has 4 rings (SSSR count). The Hall–Kier alpha value is -3.61. The van der Waals surface area contributed by atoms with Gasteiger partial charge in [0.15, 0.2) is 5.52 Å². The average molecular weight is 362 g/mol. The highest BCUT2D eigenvalue weighted by Gasteiger charge is 2.24. The summed E-state index contributed by atoms with van der Waals surface area (Å²) in [7, 11) is 0. The number of rotatable bonds is 5. The standard InChI is InChI=1S/C20H16FN5O/c21-15-6-4-9-23-16(15)13-24-20(27)19-17-7-1-2-10-26(17)18(25-19)11-14-5-3-8-22-12-14/h1-10,12H,11,13H2,(H,24,27)/p+1. The van der Waals surface area contributed by atoms with Gasteiger partial charge in [0, 0.05) is 18.6 Å². The largest absolute Gasteiger partial charge is 0.343 e. The molecule has 0 atom stereocenters. The van der Waals surface area contributed by atoms with E-state index in [2.05, 4.69) is 20.3 Å². The van der Waals surface area contributed by atoms with Gasteiger partial charge >= 0.3 is 0 Å². The summed E-state index contributed by atoms with van der Waals surface area (Å²) in [4.78, 5) is 24.0. The molecule has 0 aliphatic rings. The Labute approximate surface area is 154 Å². The molecule has 0 radical (unpaired) electrons. The predicted octanol–water partition coefficient (Wildman–Crippen LogP) is 2.20. The number of aromatic amines is 1. The molecule has 0 unspecified atom stereocenters. The number of carbonyl (C=O) groups excluding carboxylic acids is 1. The number of hydrogen-bond donors (Lipinski definition) is 2. The highest BCUT2D eigenvalue weighted by atomic mass is 19.1. The summed E-state index contributed by atoms with van der Waals surface area (Å²) in [6, 6.07) is 12.3. The van der Waals surface area contributed by atoms with Gasteiger partial charge in [-0.2, -0.15) is 4.40 Å². The first kappa shape index (κ1) is 16.8. The Morgan fingerprint density at radius 2 is 2.04 bits per heavy atom. The van der Waals surface area contributed by atoms with Crippen molar-refractivity contribution in [3.05, 3.63) is 95.8 Å². The molecule has 2 N–H and O–H groups in total. The molecule has 27 heavy (non-hydrogen) atoms. The number of aromatic nitrogens is 4. The molecule has 7 heteroatoms. The lowest BCUT2D eigenvalue weighted by molar-refractivity contribution is -0.520. The first-order chi connectivity index (χ1) is 13.2. The van der Waals surface area contributed by atoms with E-state index in [-0.39, 0.29) is 18.1 Å². The van der Waals surface area contributed by atoms with Crippen LogP contribution in [-0.2, 0) is 13.0 Å². The van der Waals surface area contributed by atoms with Gasteiger partial charge < -0.3 is 5.32 Å². The number of halogens is 1. The first-order valence-corrected chi connectivity index (χ1v) is 8.50. The number of amides is 1. The lowest BCUT2D eigenvalue weighted by Gasteiger charge is -2.02. The number of hydrogen-bond acceptors (Lipinski definition) is 3. The fraction of sp³-hybridized carbons (Fsp3) is 0.100. The summed E-state index contributed by atoms with van der Waals surface area (Å²) < 4.78 is 15.6. The van der Waals surface area contributed by atoms with Crippen LogP contribution in [0.25, 0.3) is 5.52 Å². The number of nitrogens with one attached hydrogen (secondary N) is 2. The molecule has 0 fully saturated rings. The van der Waals surface area contributed by atoms with Gasteiger partial charge in [-0.05, 0) is 35.9 Å². The zero-order chi connectivity index (χ0) is 18.6. The third-order valence-corrected chi connectivity index (χ3v) is 4.25. The van der Waals surface area contributed by atoms with Gasteiger partial charge in [-0.15, -0.1) is 0 Å². The lowest BCUT2D eigenvalue weighted by atomic mass is 10.2. The monoisotopic (exact) mass is 362 g/mol. The molecule has 0 bridgehead atoms. The Kier molecular flexibility index (Phi) is 4.57. The summed E-state index contributed by atoms with van der Waals surface area (Å²) in [6.45, 7) is 0.0153. The predicted molar refractivity (Wildman–Crippen MR) is 96.4 cm³/mol. The maximum atomic E-state index is 13.7. The maximum absolute atomic E-state index is 13.7. The van der Waals surface area contributed by atoms with E-state index in [0.29, 0.717) is 12.1 Å². The van der Waals surface area contributed by atoms with E-state index in [9.17, 15) is 9.18 Å². The molecular weight excluding hydrogens is 345 g/mol. The third kappa shape index (κ3) is 3.52. The van der Waals surface area contributed by atoms with E-state index < -0.39 is 5.82 Å². The van der Waals surface area contributed by atoms with Crippen LogP contribution in [0.5, 0.6) is 0 Å². The smallest absolute Gasteiger partial charge is 0.295 e. The molecule has 4 aromatic heterocycles. The first-order valence-electron chi connectivity index (χ1n) is 8.50. The van der Waals surface area contributed by atoms with Crippen molar-refractivity contribution in [3.63, 3.8) is 0 Å². The lowest BCUT2D eigenvalue weighted by Crippen LogP contribution is -2.26. The summed E-state index contributed by atoms with van der Waals surface area (Å²) in [5.41, 5.74) is 2.39. The highest BCUT2D eigenvalue weighted by molar-refractivity contribution is 5.97. The number of fused-ring (bicyclic) bond motifs is 1. The Balaban J connectivity index is 1.61. The van der Waals surface area contributed by atoms with Crippen molar-refractivity contribution in [2.45, 2.75) is 13.0 Å². The van der Waals surface area contributed by atoms with Crippen molar-refractivity contribution in [1.82, 2.24) is 20.3 Å². The van der Waals surface area contributed by atoms with Crippen LogP contribution in [0, 0.1) is 5.82 Å². The van der Waals surface area contributed by atoms with Gasteiger partial charge in [0.25, 0.3) is 11.7 Å². The van der Waals surface area contributed by atoms with Gasteiger partial charge in [0.2, 0.25) is 5.69 Å². The Morgan fingerprint density at radius 1 is 1.15 bits per heavy atom. The van der Waals surface area contributed by atoms with Crippen molar-refractivity contribution in [3.8, 4) is 0 Å². The number of H-pyrrole nitrogens is 1. The van der Waals surface area contributed by atoms with Crippen molar-refractivity contribution in [2.75, 3.05) is 0 Å². The summed E-state index contributed by atoms with van der Waals surface area (Å²) in [6.07, 6.45) is 7.50. The van der Waals surface area contributed by atoms with Crippen LogP contribution < -0.4 is 9.72 Å². The second-order valence-corrected chi connectivity index (χ2v) is 6.06. The fourth-order valence-electron chi connectivity index (χ4n) is 2.95. The second kappa shape index (κ2) is 7.33. The third-order valence-electron chi connectivity index (χ3n) is 4.25. The molecule has 1 amide bonds. The molecule has 4 heterocycles. The minimum absolute atomic E-state index is 0.0153. The van der Waals surface area contributed by atoms with Crippen molar-refractivity contribution in [2.24, 2.45) is 0 Å². The van der Waals surface area contributed by atoms with Crippen LogP contribution in [-0.4, -0.2) is 20.9 Å². The van der Waals surface area contributed by atoms with Crippen LogP contribution in [0.2, 0.25) is 0 Å². The summed E-state index contributed by atoms with van der Waals surface area (Å²) in [5.74, 6) is 0.0924. The van der Waals surface area contributed by atoms with E-state index in [1.807, 2.05) is 40.9 Å². The zero-order valence-corrected chi connectivity index (χ0v) is 14.4. The number of imidazole rings is 1. The van der Waals surface area contributed by atoms with Gasteiger partial charge in [-0.3, -0.25) is 14.8 Å². The van der Waals surface area contributed by atoms with E-state index in [0.717, 1.165) is 16.9 Å². The van der Waals surface area contributed by atoms with Gasteiger partial charge in [-0.25, -0.2) is 9.37 Å². The molecule has 4 aromatic rings. The normalized spacial score (nSPS) is 10.9. The van der Waals surface area contributed by atoms with Gasteiger partial charge in [-0.1, -0.05) is 12.1 Å². The fourth-order valence-corrected chi connectivity index (χ4v) is 2.95. The van der Waals surface area contributed by atoms with E-state index in [1.54, 1.807) is 12.4 Å². The number of carbonyl (C=O) groups is 1. The molecule has 0 spiro atoms. The molecular formula is C20H17FN5O+. The van der Waals surface area contributed by atoms with E-state index >= 15 is 0 Å². The summed E-state index contributed by atoms with van der Waals surface area (Å²) in [5, 5.41) is 2.73. The quantitative estimate of drug-likeness (QED) is 0.535. The highest BCUT2D eigenvalue weighted by Crippen LogP contribution is 2.11. The van der Waals surface area contributed by atoms with Crippen LogP contribution in [0.15, 0.2) is 67.3 Å². The molecule has 134 valence electrons. The van der Waals surface area contributed by atoms with Gasteiger partial charge in [0.1, 0.15) is 5.82 Å². The zero-order valence-electron chi connectivity index (χ0n) is 14.4. The van der Waals surface area contributed by atoms with E-state index in [4.69, 9.17) is 0 Å². The van der Waals surface area contributed by atoms with E-state index in [1.165, 1.54) is 18.3 Å². The van der Waals surface area contributed by atoms with Crippen LogP contribution >= 0.6 is 0 Å². The number of nitrogens with zero attached hydrogens (tertiary/aromatic N) is 3. The Bertz CT molecular complexity index is 1090. The molecule has 0 aromatic carbocycles. The Morgan fingerprint density at radius 3 is 2.85 bits per heavy atom. The van der Waals surface area contributed by atoms with Crippen LogP contribution in [0.1, 0.15) is 27.6 Å². The van der Waals surface area contributed by atoms with Crippen LogP contribution in [0.4, 0.5) is 4.39 Å². The molecule has 0 aliphatic heterocycles. The minimum atomic E-state index is -0.444. The average Bonchev–Trinajstić information content (AvgIpc) is 3.07. The van der Waals surface area contributed by atoms with Crippen molar-refractivity contribution < 1.29 is 13.6 Å². The molecule has 0 aliphatic carbocycles. The van der Waals surface area contributed by atoms with Crippen molar-refractivity contribution in [1.29, 1.82) is 0 Å². The maximum Gasteiger partial charge on any atom is 0.295 e. The topological polar surface area (TPSA) is 74.8 Å².